The molecule has 0 aliphatic carbocycles. The maximum atomic E-state index is 12.1. The van der Waals surface area contributed by atoms with Crippen LogP contribution in [0.4, 0.5) is 0 Å². The molecule has 0 bridgehead atoms. The molecule has 0 aliphatic heterocycles. The molecule has 4 nitrogen and oxygen atoms in total. The van der Waals surface area contributed by atoms with Gasteiger partial charge in [0.15, 0.2) is 0 Å². The summed E-state index contributed by atoms with van der Waals surface area (Å²) in [6, 6.07) is 6.92. The van der Waals surface area contributed by atoms with Gasteiger partial charge in [-0.25, -0.2) is 4.79 Å². The van der Waals surface area contributed by atoms with Gasteiger partial charge in [-0.2, -0.15) is 0 Å². The highest BCUT2D eigenvalue weighted by molar-refractivity contribution is 5.89. The van der Waals surface area contributed by atoms with Crippen LogP contribution in [-0.4, -0.2) is 35.5 Å². The summed E-state index contributed by atoms with van der Waals surface area (Å²) in [5.74, 6) is -0.538. The summed E-state index contributed by atoms with van der Waals surface area (Å²) in [5, 5.41) is 9.12. The van der Waals surface area contributed by atoms with E-state index in [0.29, 0.717) is 24.4 Å². The molecule has 20 heavy (non-hydrogen) atoms. The molecule has 1 rings (SSSR count). The normalized spacial score (nSPS) is 12.2. The Labute approximate surface area is 120 Å². The highest BCUT2D eigenvalue weighted by atomic mass is 16.4. The maximum Gasteiger partial charge on any atom is 0.335 e. The van der Waals surface area contributed by atoms with E-state index in [4.69, 9.17) is 5.11 Å². The SMILES string of the molecule is CC(C)C(C)C(=O)N(C)CCc1ccccc1C(=O)O. The third kappa shape index (κ3) is 4.08. The first-order valence-electron chi connectivity index (χ1n) is 6.90. The van der Waals surface area contributed by atoms with Gasteiger partial charge >= 0.3 is 5.97 Å². The minimum Gasteiger partial charge on any atom is -0.478 e. The second-order valence-corrected chi connectivity index (χ2v) is 5.50. The Kier molecular flexibility index (Phi) is 5.74. The van der Waals surface area contributed by atoms with Crippen LogP contribution in [0.15, 0.2) is 24.3 Å². The monoisotopic (exact) mass is 277 g/mol. The molecule has 0 heterocycles. The number of carbonyl (C=O) groups excluding carboxylic acids is 1. The summed E-state index contributed by atoms with van der Waals surface area (Å²) >= 11 is 0. The molecule has 0 aliphatic rings. The average molecular weight is 277 g/mol. The molecule has 0 fully saturated rings. The molecule has 0 spiro atoms. The predicted molar refractivity (Wildman–Crippen MR) is 78.7 cm³/mol. The molecule has 1 atom stereocenters. The second kappa shape index (κ2) is 7.08. The highest BCUT2D eigenvalue weighted by Gasteiger charge is 2.20. The standard InChI is InChI=1S/C16H23NO3/c1-11(2)12(3)15(18)17(4)10-9-13-7-5-6-8-14(13)16(19)20/h5-8,11-12H,9-10H2,1-4H3,(H,19,20). The summed E-state index contributed by atoms with van der Waals surface area (Å²) < 4.78 is 0. The Morgan fingerprint density at radius 1 is 1.20 bits per heavy atom. The molecule has 110 valence electrons. The van der Waals surface area contributed by atoms with Gasteiger partial charge in [0.25, 0.3) is 0 Å². The van der Waals surface area contributed by atoms with Crippen LogP contribution in [0.3, 0.4) is 0 Å². The number of aromatic carboxylic acids is 1. The molecule has 1 aromatic rings. The van der Waals surface area contributed by atoms with E-state index >= 15 is 0 Å². The van der Waals surface area contributed by atoms with Crippen LogP contribution in [-0.2, 0) is 11.2 Å². The summed E-state index contributed by atoms with van der Waals surface area (Å²) in [7, 11) is 1.77. The van der Waals surface area contributed by atoms with Crippen LogP contribution in [0.5, 0.6) is 0 Å². The van der Waals surface area contributed by atoms with Crippen LogP contribution in [0.1, 0.15) is 36.7 Å². The third-order valence-corrected chi connectivity index (χ3v) is 3.73. The quantitative estimate of drug-likeness (QED) is 0.869. The molecule has 4 heteroatoms. The zero-order chi connectivity index (χ0) is 15.3. The fourth-order valence-electron chi connectivity index (χ4n) is 1.98. The molecular weight excluding hydrogens is 254 g/mol. The number of amides is 1. The largest absolute Gasteiger partial charge is 0.478 e. The maximum absolute atomic E-state index is 12.1. The van der Waals surface area contributed by atoms with Gasteiger partial charge in [0, 0.05) is 19.5 Å². The molecule has 1 aromatic carbocycles. The molecular formula is C16H23NO3. The number of carboxylic acids is 1. The first kappa shape index (κ1) is 16.2. The van der Waals surface area contributed by atoms with Gasteiger partial charge in [0.1, 0.15) is 0 Å². The smallest absolute Gasteiger partial charge is 0.335 e. The van der Waals surface area contributed by atoms with E-state index in [9.17, 15) is 9.59 Å². The molecule has 0 saturated heterocycles. The number of carbonyl (C=O) groups is 2. The number of hydrogen-bond acceptors (Lipinski definition) is 2. The molecule has 1 amide bonds. The van der Waals surface area contributed by atoms with E-state index in [0.717, 1.165) is 5.56 Å². The molecule has 0 radical (unpaired) electrons. The molecule has 1 unspecified atom stereocenters. The van der Waals surface area contributed by atoms with Crippen LogP contribution in [0.25, 0.3) is 0 Å². The number of nitrogens with zero attached hydrogens (tertiary/aromatic N) is 1. The molecule has 0 saturated carbocycles. The van der Waals surface area contributed by atoms with Crippen molar-refractivity contribution < 1.29 is 14.7 Å². The van der Waals surface area contributed by atoms with Crippen molar-refractivity contribution in [3.05, 3.63) is 35.4 Å². The minimum atomic E-state index is -0.926. The van der Waals surface area contributed by atoms with E-state index in [1.807, 2.05) is 26.8 Å². The van der Waals surface area contributed by atoms with Crippen molar-refractivity contribution in [2.24, 2.45) is 11.8 Å². The summed E-state index contributed by atoms with van der Waals surface area (Å²) in [6.45, 7) is 6.50. The van der Waals surface area contributed by atoms with E-state index in [1.54, 1.807) is 30.1 Å². The third-order valence-electron chi connectivity index (χ3n) is 3.73. The predicted octanol–water partition coefficient (Wildman–Crippen LogP) is 2.68. The zero-order valence-electron chi connectivity index (χ0n) is 12.6. The number of hydrogen-bond donors (Lipinski definition) is 1. The lowest BCUT2D eigenvalue weighted by molar-refractivity contribution is -0.134. The van der Waals surface area contributed by atoms with E-state index < -0.39 is 5.97 Å². The number of benzene rings is 1. The van der Waals surface area contributed by atoms with Crippen molar-refractivity contribution in [1.29, 1.82) is 0 Å². The van der Waals surface area contributed by atoms with Crippen LogP contribution >= 0.6 is 0 Å². The average Bonchev–Trinajstić information content (AvgIpc) is 2.43. The fourth-order valence-corrected chi connectivity index (χ4v) is 1.98. The van der Waals surface area contributed by atoms with Gasteiger partial charge in [-0.15, -0.1) is 0 Å². The number of carboxylic acid groups (broad SMARTS) is 1. The van der Waals surface area contributed by atoms with Gasteiger partial charge in [-0.05, 0) is 24.0 Å². The van der Waals surface area contributed by atoms with Crippen LogP contribution < -0.4 is 0 Å². The zero-order valence-corrected chi connectivity index (χ0v) is 12.6. The number of rotatable bonds is 6. The van der Waals surface area contributed by atoms with Crippen LogP contribution in [0, 0.1) is 11.8 Å². The van der Waals surface area contributed by atoms with Gasteiger partial charge in [-0.1, -0.05) is 39.0 Å². The second-order valence-electron chi connectivity index (χ2n) is 5.50. The van der Waals surface area contributed by atoms with Gasteiger partial charge in [0.05, 0.1) is 5.56 Å². The Balaban J connectivity index is 2.68. The van der Waals surface area contributed by atoms with Gasteiger partial charge in [-0.3, -0.25) is 4.79 Å². The number of likely N-dealkylation sites (N-methyl/N-ethyl adjacent to an activating group) is 1. The van der Waals surface area contributed by atoms with E-state index in [1.165, 1.54) is 0 Å². The van der Waals surface area contributed by atoms with E-state index in [2.05, 4.69) is 0 Å². The lowest BCUT2D eigenvalue weighted by Gasteiger charge is -2.23. The highest BCUT2D eigenvalue weighted by Crippen LogP contribution is 2.14. The minimum absolute atomic E-state index is 0.0188. The van der Waals surface area contributed by atoms with Crippen molar-refractivity contribution >= 4 is 11.9 Å². The van der Waals surface area contributed by atoms with E-state index in [-0.39, 0.29) is 11.8 Å². The Bertz CT molecular complexity index is 482. The molecule has 0 aromatic heterocycles. The van der Waals surface area contributed by atoms with Gasteiger partial charge in [0.2, 0.25) is 5.91 Å². The van der Waals surface area contributed by atoms with Crippen molar-refractivity contribution in [3.8, 4) is 0 Å². The Hall–Kier alpha value is -1.84. The van der Waals surface area contributed by atoms with Gasteiger partial charge < -0.3 is 10.0 Å². The lowest BCUT2D eigenvalue weighted by Crippen LogP contribution is -2.35. The topological polar surface area (TPSA) is 57.6 Å². The summed E-state index contributed by atoms with van der Waals surface area (Å²) in [6.07, 6.45) is 0.551. The van der Waals surface area contributed by atoms with Crippen molar-refractivity contribution in [2.45, 2.75) is 27.2 Å². The fraction of sp³-hybridized carbons (Fsp3) is 0.500. The first-order chi connectivity index (χ1) is 9.34. The first-order valence-corrected chi connectivity index (χ1v) is 6.90. The van der Waals surface area contributed by atoms with Crippen molar-refractivity contribution in [2.75, 3.05) is 13.6 Å². The summed E-state index contributed by atoms with van der Waals surface area (Å²) in [5.41, 5.74) is 1.07. The van der Waals surface area contributed by atoms with Crippen LogP contribution in [0.2, 0.25) is 0 Å². The summed E-state index contributed by atoms with van der Waals surface area (Å²) in [4.78, 5) is 24.9. The van der Waals surface area contributed by atoms with Crippen molar-refractivity contribution in [1.82, 2.24) is 4.90 Å². The Morgan fingerprint density at radius 3 is 2.35 bits per heavy atom. The molecule has 1 N–H and O–H groups in total. The lowest BCUT2D eigenvalue weighted by atomic mass is 9.96. The van der Waals surface area contributed by atoms with Crippen molar-refractivity contribution in [3.63, 3.8) is 0 Å². The Morgan fingerprint density at radius 2 is 1.80 bits per heavy atom.